The SMILES string of the molecule is COc1cc(OC)c(NC(=O)N2CCC(CN3CCCC(C)C3)CC2)cc1Cl. The summed E-state index contributed by atoms with van der Waals surface area (Å²) in [7, 11) is 3.11. The number of amides is 2. The van der Waals surface area contributed by atoms with Crippen molar-refractivity contribution in [1.82, 2.24) is 9.80 Å². The Kier molecular flexibility index (Phi) is 7.30. The van der Waals surface area contributed by atoms with E-state index in [4.69, 9.17) is 21.1 Å². The average molecular weight is 410 g/mol. The summed E-state index contributed by atoms with van der Waals surface area (Å²) in [6, 6.07) is 3.25. The maximum Gasteiger partial charge on any atom is 0.321 e. The van der Waals surface area contributed by atoms with Gasteiger partial charge in [-0.25, -0.2) is 4.79 Å². The van der Waals surface area contributed by atoms with Crippen molar-refractivity contribution in [2.75, 3.05) is 52.3 Å². The number of piperidine rings is 2. The van der Waals surface area contributed by atoms with Gasteiger partial charge in [0.1, 0.15) is 11.5 Å². The highest BCUT2D eigenvalue weighted by molar-refractivity contribution is 6.32. The summed E-state index contributed by atoms with van der Waals surface area (Å²) in [6.45, 7) is 7.53. The molecule has 0 aliphatic carbocycles. The van der Waals surface area contributed by atoms with E-state index in [2.05, 4.69) is 17.1 Å². The smallest absolute Gasteiger partial charge is 0.321 e. The number of likely N-dealkylation sites (tertiary alicyclic amines) is 2. The molecule has 6 nitrogen and oxygen atoms in total. The molecule has 2 heterocycles. The Morgan fingerprint density at radius 2 is 1.86 bits per heavy atom. The van der Waals surface area contributed by atoms with Crippen LogP contribution >= 0.6 is 11.6 Å². The van der Waals surface area contributed by atoms with Gasteiger partial charge in [0.2, 0.25) is 0 Å². The molecule has 1 N–H and O–H groups in total. The first-order valence-electron chi connectivity index (χ1n) is 10.2. The van der Waals surface area contributed by atoms with Crippen molar-refractivity contribution in [2.45, 2.75) is 32.6 Å². The van der Waals surface area contributed by atoms with Crippen molar-refractivity contribution >= 4 is 23.3 Å². The number of benzene rings is 1. The standard InChI is InChI=1S/C21H32ClN3O3/c1-15-5-4-8-24(13-15)14-16-6-9-25(10-7-16)21(26)23-18-11-17(22)19(27-2)12-20(18)28-3/h11-12,15-16H,4-10,13-14H2,1-3H3,(H,23,26). The highest BCUT2D eigenvalue weighted by Gasteiger charge is 2.26. The van der Waals surface area contributed by atoms with Crippen LogP contribution in [0, 0.1) is 11.8 Å². The molecule has 2 fully saturated rings. The number of methoxy groups -OCH3 is 2. The molecule has 2 aliphatic rings. The van der Waals surface area contributed by atoms with Crippen molar-refractivity contribution in [3.8, 4) is 11.5 Å². The first-order chi connectivity index (χ1) is 13.5. The van der Waals surface area contributed by atoms with E-state index in [1.807, 2.05) is 4.90 Å². The van der Waals surface area contributed by atoms with Gasteiger partial charge in [-0.2, -0.15) is 0 Å². The molecule has 0 bridgehead atoms. The topological polar surface area (TPSA) is 54.0 Å². The van der Waals surface area contributed by atoms with Crippen LogP contribution in [-0.4, -0.2) is 62.8 Å². The summed E-state index contributed by atoms with van der Waals surface area (Å²) in [4.78, 5) is 17.2. The summed E-state index contributed by atoms with van der Waals surface area (Å²) in [6.07, 6.45) is 4.78. The predicted octanol–water partition coefficient (Wildman–Crippen LogP) is 4.33. The van der Waals surface area contributed by atoms with Gasteiger partial charge in [0.15, 0.2) is 0 Å². The molecule has 1 atom stereocenters. The molecule has 3 rings (SSSR count). The minimum Gasteiger partial charge on any atom is -0.495 e. The summed E-state index contributed by atoms with van der Waals surface area (Å²) >= 11 is 6.20. The van der Waals surface area contributed by atoms with Crippen LogP contribution in [0.5, 0.6) is 11.5 Å². The molecule has 2 aliphatic heterocycles. The molecule has 156 valence electrons. The molecular formula is C21H32ClN3O3. The normalized spacial score (nSPS) is 21.4. The fourth-order valence-electron chi connectivity index (χ4n) is 4.29. The second-order valence-corrected chi connectivity index (χ2v) is 8.46. The number of urea groups is 1. The van der Waals surface area contributed by atoms with E-state index in [0.717, 1.165) is 31.8 Å². The van der Waals surface area contributed by atoms with E-state index in [1.165, 1.54) is 32.5 Å². The Bertz CT molecular complexity index is 677. The highest BCUT2D eigenvalue weighted by Crippen LogP contribution is 2.36. The van der Waals surface area contributed by atoms with Gasteiger partial charge >= 0.3 is 6.03 Å². The number of nitrogens with zero attached hydrogens (tertiary/aromatic N) is 2. The third-order valence-electron chi connectivity index (χ3n) is 5.87. The molecule has 2 saturated heterocycles. The Hall–Kier alpha value is -1.66. The first-order valence-corrected chi connectivity index (χ1v) is 10.6. The number of anilines is 1. The molecule has 1 aromatic carbocycles. The van der Waals surface area contributed by atoms with Crippen LogP contribution < -0.4 is 14.8 Å². The Morgan fingerprint density at radius 3 is 2.50 bits per heavy atom. The lowest BCUT2D eigenvalue weighted by Gasteiger charge is -2.37. The molecule has 28 heavy (non-hydrogen) atoms. The lowest BCUT2D eigenvalue weighted by atomic mass is 9.94. The second-order valence-electron chi connectivity index (χ2n) is 8.05. The number of halogens is 1. The monoisotopic (exact) mass is 409 g/mol. The number of ether oxygens (including phenoxy) is 2. The molecular weight excluding hydrogens is 378 g/mol. The van der Waals surface area contributed by atoms with Crippen molar-refractivity contribution in [3.05, 3.63) is 17.2 Å². The number of rotatable bonds is 5. The quantitative estimate of drug-likeness (QED) is 0.786. The molecule has 0 aromatic heterocycles. The molecule has 1 aromatic rings. The van der Waals surface area contributed by atoms with E-state index in [-0.39, 0.29) is 6.03 Å². The van der Waals surface area contributed by atoms with Gasteiger partial charge in [-0.1, -0.05) is 18.5 Å². The zero-order valence-corrected chi connectivity index (χ0v) is 17.9. The zero-order valence-electron chi connectivity index (χ0n) is 17.2. The van der Waals surface area contributed by atoms with Crippen molar-refractivity contribution in [3.63, 3.8) is 0 Å². The van der Waals surface area contributed by atoms with Gasteiger partial charge in [-0.05, 0) is 50.1 Å². The van der Waals surface area contributed by atoms with Crippen molar-refractivity contribution in [1.29, 1.82) is 0 Å². The molecule has 0 saturated carbocycles. The number of nitrogens with one attached hydrogen (secondary N) is 1. The number of hydrogen-bond acceptors (Lipinski definition) is 4. The van der Waals surface area contributed by atoms with E-state index in [0.29, 0.717) is 28.1 Å². The fraction of sp³-hybridized carbons (Fsp3) is 0.667. The van der Waals surface area contributed by atoms with Crippen molar-refractivity contribution < 1.29 is 14.3 Å². The Labute approximate surface area is 173 Å². The third-order valence-corrected chi connectivity index (χ3v) is 6.17. The van der Waals surface area contributed by atoms with Crippen LogP contribution in [-0.2, 0) is 0 Å². The summed E-state index contributed by atoms with van der Waals surface area (Å²) in [5.41, 5.74) is 0.558. The van der Waals surface area contributed by atoms with Gasteiger partial charge in [0.25, 0.3) is 0 Å². The first kappa shape index (κ1) is 21.1. The molecule has 1 unspecified atom stereocenters. The lowest BCUT2D eigenvalue weighted by molar-refractivity contribution is 0.125. The van der Waals surface area contributed by atoms with Gasteiger partial charge in [-0.15, -0.1) is 0 Å². The Balaban J connectivity index is 1.52. The predicted molar refractivity (Wildman–Crippen MR) is 113 cm³/mol. The zero-order chi connectivity index (χ0) is 20.1. The second kappa shape index (κ2) is 9.70. The van der Waals surface area contributed by atoms with Crippen LogP contribution in [0.15, 0.2) is 12.1 Å². The van der Waals surface area contributed by atoms with Crippen LogP contribution in [0.25, 0.3) is 0 Å². The number of carbonyl (C=O) groups excluding carboxylic acids is 1. The lowest BCUT2D eigenvalue weighted by Crippen LogP contribution is -2.44. The van der Waals surface area contributed by atoms with E-state index in [1.54, 1.807) is 26.4 Å². The van der Waals surface area contributed by atoms with E-state index >= 15 is 0 Å². The summed E-state index contributed by atoms with van der Waals surface area (Å²) in [5.74, 6) is 2.54. The van der Waals surface area contributed by atoms with E-state index < -0.39 is 0 Å². The maximum atomic E-state index is 12.7. The summed E-state index contributed by atoms with van der Waals surface area (Å²) in [5, 5.41) is 3.37. The van der Waals surface area contributed by atoms with Gasteiger partial charge in [-0.3, -0.25) is 0 Å². The molecule has 0 spiro atoms. The van der Waals surface area contributed by atoms with Gasteiger partial charge < -0.3 is 24.6 Å². The van der Waals surface area contributed by atoms with Crippen LogP contribution in [0.2, 0.25) is 5.02 Å². The van der Waals surface area contributed by atoms with Gasteiger partial charge in [0, 0.05) is 32.2 Å². The maximum absolute atomic E-state index is 12.7. The van der Waals surface area contributed by atoms with Crippen molar-refractivity contribution in [2.24, 2.45) is 11.8 Å². The van der Waals surface area contributed by atoms with Crippen LogP contribution in [0.1, 0.15) is 32.6 Å². The minimum atomic E-state index is -0.107. The van der Waals surface area contributed by atoms with E-state index in [9.17, 15) is 4.79 Å². The van der Waals surface area contributed by atoms with Gasteiger partial charge in [0.05, 0.1) is 24.9 Å². The third kappa shape index (κ3) is 5.23. The number of hydrogen-bond donors (Lipinski definition) is 1. The van der Waals surface area contributed by atoms with Crippen LogP contribution in [0.4, 0.5) is 10.5 Å². The average Bonchev–Trinajstić information content (AvgIpc) is 2.69. The summed E-state index contributed by atoms with van der Waals surface area (Å²) < 4.78 is 10.6. The van der Waals surface area contributed by atoms with Crippen LogP contribution in [0.3, 0.4) is 0 Å². The highest BCUT2D eigenvalue weighted by atomic mass is 35.5. The minimum absolute atomic E-state index is 0.107. The molecule has 0 radical (unpaired) electrons. The Morgan fingerprint density at radius 1 is 1.14 bits per heavy atom. The largest absolute Gasteiger partial charge is 0.495 e. The molecule has 2 amide bonds. The fourth-order valence-corrected chi connectivity index (χ4v) is 4.53. The molecule has 7 heteroatoms. The number of carbonyl (C=O) groups is 1.